The molecule has 0 atom stereocenters. The van der Waals surface area contributed by atoms with Crippen molar-refractivity contribution in [1.29, 1.82) is 0 Å². The SMILES string of the molecule is FC(F)(F)C(OCCCS)C(F)(F)F. The average Bonchev–Trinajstić information content (AvgIpc) is 1.92. The molecule has 0 spiro atoms. The van der Waals surface area contributed by atoms with Crippen LogP contribution >= 0.6 is 12.6 Å². The van der Waals surface area contributed by atoms with Crippen molar-refractivity contribution >= 4 is 12.6 Å². The Labute approximate surface area is 81.8 Å². The van der Waals surface area contributed by atoms with Crippen molar-refractivity contribution in [2.24, 2.45) is 0 Å². The van der Waals surface area contributed by atoms with Crippen LogP contribution in [0.2, 0.25) is 0 Å². The fourth-order valence-corrected chi connectivity index (χ4v) is 0.769. The molecule has 0 unspecified atom stereocenters. The van der Waals surface area contributed by atoms with Crippen LogP contribution in [0.4, 0.5) is 26.3 Å². The van der Waals surface area contributed by atoms with Crippen LogP contribution in [0.3, 0.4) is 0 Å². The van der Waals surface area contributed by atoms with Crippen molar-refractivity contribution in [2.75, 3.05) is 12.4 Å². The topological polar surface area (TPSA) is 9.23 Å². The van der Waals surface area contributed by atoms with Gasteiger partial charge in [0.25, 0.3) is 0 Å². The van der Waals surface area contributed by atoms with Gasteiger partial charge in [-0.2, -0.15) is 39.0 Å². The fraction of sp³-hybridized carbons (Fsp3) is 1.00. The molecule has 0 radical (unpaired) electrons. The molecule has 0 saturated heterocycles. The molecule has 0 fully saturated rings. The average molecular weight is 242 g/mol. The van der Waals surface area contributed by atoms with E-state index in [1.165, 1.54) is 0 Å². The third-order valence-electron chi connectivity index (χ3n) is 1.18. The van der Waals surface area contributed by atoms with Gasteiger partial charge in [-0.1, -0.05) is 0 Å². The van der Waals surface area contributed by atoms with E-state index in [1.54, 1.807) is 0 Å². The Morgan fingerprint density at radius 3 is 1.71 bits per heavy atom. The summed E-state index contributed by atoms with van der Waals surface area (Å²) in [6.07, 6.45) is -14.5. The van der Waals surface area contributed by atoms with Crippen LogP contribution in [-0.2, 0) is 4.74 Å². The minimum Gasteiger partial charge on any atom is -0.361 e. The standard InChI is InChI=1S/C6H8F6OS/c7-5(8,9)4(6(10,11)12)13-2-1-3-14/h4,14H,1-3H2. The van der Waals surface area contributed by atoms with E-state index in [0.717, 1.165) is 0 Å². The van der Waals surface area contributed by atoms with E-state index in [4.69, 9.17) is 0 Å². The van der Waals surface area contributed by atoms with Gasteiger partial charge >= 0.3 is 12.4 Å². The summed E-state index contributed by atoms with van der Waals surface area (Å²) >= 11 is 3.63. The first kappa shape index (κ1) is 13.9. The van der Waals surface area contributed by atoms with Gasteiger partial charge in [-0.3, -0.25) is 0 Å². The second-order valence-corrected chi connectivity index (χ2v) is 2.86. The Kier molecular flexibility index (Phi) is 5.07. The van der Waals surface area contributed by atoms with Gasteiger partial charge in [0, 0.05) is 6.61 Å². The number of hydrogen-bond donors (Lipinski definition) is 1. The minimum absolute atomic E-state index is 0.0335. The molecular weight excluding hydrogens is 234 g/mol. The van der Waals surface area contributed by atoms with Crippen molar-refractivity contribution < 1.29 is 31.1 Å². The van der Waals surface area contributed by atoms with Crippen LogP contribution in [0, 0.1) is 0 Å². The smallest absolute Gasteiger partial charge is 0.361 e. The maximum Gasteiger partial charge on any atom is 0.423 e. The van der Waals surface area contributed by atoms with E-state index < -0.39 is 25.1 Å². The Bertz CT molecular complexity index is 151. The third kappa shape index (κ3) is 4.94. The summed E-state index contributed by atoms with van der Waals surface area (Å²) in [6, 6.07) is 0. The van der Waals surface area contributed by atoms with Crippen LogP contribution < -0.4 is 0 Å². The first-order valence-electron chi connectivity index (χ1n) is 3.55. The number of alkyl halides is 6. The van der Waals surface area contributed by atoms with Gasteiger partial charge in [-0.15, -0.1) is 0 Å². The minimum atomic E-state index is -5.42. The van der Waals surface area contributed by atoms with Crippen molar-refractivity contribution in [1.82, 2.24) is 0 Å². The molecule has 0 saturated carbocycles. The third-order valence-corrected chi connectivity index (χ3v) is 1.50. The molecule has 1 nitrogen and oxygen atoms in total. The van der Waals surface area contributed by atoms with Crippen molar-refractivity contribution in [3.8, 4) is 0 Å². The van der Waals surface area contributed by atoms with Crippen LogP contribution in [0.25, 0.3) is 0 Å². The Morgan fingerprint density at radius 1 is 1.00 bits per heavy atom. The summed E-state index contributed by atoms with van der Waals surface area (Å²) in [5, 5.41) is 0. The quantitative estimate of drug-likeness (QED) is 0.453. The molecule has 0 aliphatic rings. The molecule has 0 amide bonds. The highest BCUT2D eigenvalue weighted by Crippen LogP contribution is 2.35. The number of halogens is 6. The summed E-state index contributed by atoms with van der Waals surface area (Å²) in [5.41, 5.74) is 0. The molecule has 0 heterocycles. The summed E-state index contributed by atoms with van der Waals surface area (Å²) in [6.45, 7) is -0.618. The van der Waals surface area contributed by atoms with Gasteiger partial charge in [0.15, 0.2) is 0 Å². The molecule has 0 aromatic rings. The van der Waals surface area contributed by atoms with Gasteiger partial charge < -0.3 is 4.74 Å². The second kappa shape index (κ2) is 5.11. The summed E-state index contributed by atoms with van der Waals surface area (Å²) in [4.78, 5) is 0. The molecule has 0 N–H and O–H groups in total. The summed E-state index contributed by atoms with van der Waals surface area (Å²) < 4.78 is 74.4. The van der Waals surface area contributed by atoms with Crippen LogP contribution in [0.5, 0.6) is 0 Å². The normalized spacial score (nSPS) is 13.7. The fourth-order valence-electron chi connectivity index (χ4n) is 0.640. The van der Waals surface area contributed by atoms with E-state index in [1.807, 2.05) is 0 Å². The Morgan fingerprint density at radius 2 is 1.43 bits per heavy atom. The van der Waals surface area contributed by atoms with Gasteiger partial charge in [-0.05, 0) is 12.2 Å². The highest BCUT2D eigenvalue weighted by Gasteiger charge is 2.57. The number of thiol groups is 1. The number of ether oxygens (including phenoxy) is 1. The second-order valence-electron chi connectivity index (χ2n) is 2.41. The lowest BCUT2D eigenvalue weighted by Crippen LogP contribution is -2.44. The Balaban J connectivity index is 4.28. The molecule has 0 aromatic carbocycles. The molecular formula is C6H8F6OS. The van der Waals surface area contributed by atoms with Crippen molar-refractivity contribution in [3.05, 3.63) is 0 Å². The molecule has 0 aliphatic heterocycles. The maximum atomic E-state index is 11.8. The first-order valence-corrected chi connectivity index (χ1v) is 4.18. The lowest BCUT2D eigenvalue weighted by molar-refractivity contribution is -0.321. The zero-order valence-corrected chi connectivity index (χ0v) is 7.72. The van der Waals surface area contributed by atoms with Crippen molar-refractivity contribution in [3.63, 3.8) is 0 Å². The number of rotatable bonds is 4. The molecule has 0 bridgehead atoms. The maximum absolute atomic E-state index is 11.8. The highest BCUT2D eigenvalue weighted by atomic mass is 32.1. The molecule has 14 heavy (non-hydrogen) atoms. The van der Waals surface area contributed by atoms with E-state index in [9.17, 15) is 26.3 Å². The van der Waals surface area contributed by atoms with Crippen LogP contribution in [0.15, 0.2) is 0 Å². The summed E-state index contributed by atoms with van der Waals surface area (Å²) in [7, 11) is 0. The lowest BCUT2D eigenvalue weighted by Gasteiger charge is -2.22. The van der Waals surface area contributed by atoms with E-state index in [-0.39, 0.29) is 12.2 Å². The monoisotopic (exact) mass is 242 g/mol. The zero-order chi connectivity index (χ0) is 11.4. The molecule has 0 aromatic heterocycles. The highest BCUT2D eigenvalue weighted by molar-refractivity contribution is 7.80. The van der Waals surface area contributed by atoms with E-state index in [2.05, 4.69) is 17.4 Å². The van der Waals surface area contributed by atoms with E-state index >= 15 is 0 Å². The predicted molar refractivity (Wildman–Crippen MR) is 40.3 cm³/mol. The Hall–Kier alpha value is -0.110. The molecule has 0 aliphatic carbocycles. The van der Waals surface area contributed by atoms with Gasteiger partial charge in [0.1, 0.15) is 0 Å². The van der Waals surface area contributed by atoms with Gasteiger partial charge in [0.05, 0.1) is 0 Å². The first-order chi connectivity index (χ1) is 6.19. The molecule has 86 valence electrons. The summed E-state index contributed by atoms with van der Waals surface area (Å²) in [5.74, 6) is 0.169. The predicted octanol–water partition coefficient (Wildman–Crippen LogP) is 2.82. The van der Waals surface area contributed by atoms with Crippen LogP contribution in [-0.4, -0.2) is 30.8 Å². The van der Waals surface area contributed by atoms with E-state index in [0.29, 0.717) is 0 Å². The van der Waals surface area contributed by atoms with Crippen molar-refractivity contribution in [2.45, 2.75) is 24.9 Å². The number of hydrogen-bond acceptors (Lipinski definition) is 2. The van der Waals surface area contributed by atoms with Gasteiger partial charge in [0.2, 0.25) is 6.10 Å². The van der Waals surface area contributed by atoms with Crippen LogP contribution in [0.1, 0.15) is 6.42 Å². The largest absolute Gasteiger partial charge is 0.423 e. The molecule has 0 rings (SSSR count). The molecule has 8 heteroatoms. The van der Waals surface area contributed by atoms with Gasteiger partial charge in [-0.25, -0.2) is 0 Å². The lowest BCUT2D eigenvalue weighted by atomic mass is 10.3. The zero-order valence-electron chi connectivity index (χ0n) is 6.82.